The van der Waals surface area contributed by atoms with E-state index in [0.29, 0.717) is 28.6 Å². The van der Waals surface area contributed by atoms with Gasteiger partial charge in [0.1, 0.15) is 35.7 Å². The Balaban J connectivity index is 1.61. The fourth-order valence-corrected chi connectivity index (χ4v) is 4.01. The van der Waals surface area contributed by atoms with Crippen molar-refractivity contribution in [2.45, 2.75) is 32.6 Å². The molecule has 1 heterocycles. The first-order valence-corrected chi connectivity index (χ1v) is 11.5. The van der Waals surface area contributed by atoms with E-state index in [2.05, 4.69) is 0 Å². The molecule has 0 radical (unpaired) electrons. The lowest BCUT2D eigenvalue weighted by Crippen LogP contribution is -2.21. The molecule has 0 aliphatic carbocycles. The van der Waals surface area contributed by atoms with Crippen LogP contribution < -0.4 is 10.5 Å². The van der Waals surface area contributed by atoms with Gasteiger partial charge in [0.15, 0.2) is 0 Å². The number of hydrogen-bond acceptors (Lipinski definition) is 6. The minimum Gasteiger partial charge on any atom is -0.488 e. The second-order valence-electron chi connectivity index (χ2n) is 8.44. The highest BCUT2D eigenvalue weighted by molar-refractivity contribution is 5.93. The van der Waals surface area contributed by atoms with Gasteiger partial charge >= 0.3 is 5.97 Å². The third kappa shape index (κ3) is 5.72. The summed E-state index contributed by atoms with van der Waals surface area (Å²) in [5.41, 5.74) is 9.29. The molecule has 1 atom stereocenters. The largest absolute Gasteiger partial charge is 0.488 e. The highest BCUT2D eigenvalue weighted by Crippen LogP contribution is 2.34. The number of furan rings is 1. The molecular formula is C28H27F2NO5. The summed E-state index contributed by atoms with van der Waals surface area (Å²) in [6.07, 6.45) is 0.860. The Morgan fingerprint density at radius 2 is 1.92 bits per heavy atom. The standard InChI is InChI=1S/C28H27F2NO5/c1-17(15-33-2)36-26(32)12-20-6-7-22(29)13-25(20)35-16-21-11-24(19-5-3-4-18(10-19)14-31)28-23(27(21)30)8-9-34-28/h3-11,13,17H,12,14-16,31H2,1-2H3. The Morgan fingerprint density at radius 1 is 1.08 bits per heavy atom. The number of benzene rings is 3. The van der Waals surface area contributed by atoms with E-state index < -0.39 is 23.7 Å². The Labute approximate surface area is 207 Å². The van der Waals surface area contributed by atoms with Gasteiger partial charge in [-0.05, 0) is 42.3 Å². The first-order valence-electron chi connectivity index (χ1n) is 11.5. The maximum atomic E-state index is 15.3. The third-order valence-electron chi connectivity index (χ3n) is 5.70. The summed E-state index contributed by atoms with van der Waals surface area (Å²) in [7, 11) is 1.51. The van der Waals surface area contributed by atoms with Crippen LogP contribution in [0.5, 0.6) is 5.75 Å². The zero-order valence-electron chi connectivity index (χ0n) is 20.1. The monoisotopic (exact) mass is 495 g/mol. The highest BCUT2D eigenvalue weighted by Gasteiger charge is 2.19. The average Bonchev–Trinajstić information content (AvgIpc) is 3.36. The van der Waals surface area contributed by atoms with E-state index in [4.69, 9.17) is 24.4 Å². The predicted octanol–water partition coefficient (Wildman–Crippen LogP) is 5.54. The summed E-state index contributed by atoms with van der Waals surface area (Å²) in [6.45, 7) is 2.13. The molecule has 4 aromatic rings. The smallest absolute Gasteiger partial charge is 0.310 e. The lowest BCUT2D eigenvalue weighted by Gasteiger charge is -2.15. The average molecular weight is 496 g/mol. The molecule has 0 saturated carbocycles. The molecule has 1 unspecified atom stereocenters. The molecule has 0 aliphatic heterocycles. The minimum atomic E-state index is -0.542. The molecule has 2 N–H and O–H groups in total. The zero-order chi connectivity index (χ0) is 25.7. The zero-order valence-corrected chi connectivity index (χ0v) is 20.1. The van der Waals surface area contributed by atoms with Crippen molar-refractivity contribution in [1.29, 1.82) is 0 Å². The van der Waals surface area contributed by atoms with E-state index >= 15 is 4.39 Å². The number of halogens is 2. The van der Waals surface area contributed by atoms with E-state index in [1.165, 1.54) is 31.6 Å². The fraction of sp³-hybridized carbons (Fsp3) is 0.250. The van der Waals surface area contributed by atoms with E-state index in [-0.39, 0.29) is 30.9 Å². The van der Waals surface area contributed by atoms with Crippen molar-refractivity contribution in [1.82, 2.24) is 0 Å². The van der Waals surface area contributed by atoms with Gasteiger partial charge < -0.3 is 24.4 Å². The van der Waals surface area contributed by atoms with Crippen molar-refractivity contribution in [3.8, 4) is 16.9 Å². The molecule has 0 amide bonds. The molecule has 3 aromatic carbocycles. The van der Waals surface area contributed by atoms with Crippen molar-refractivity contribution in [3.05, 3.63) is 89.2 Å². The van der Waals surface area contributed by atoms with Gasteiger partial charge in [-0.15, -0.1) is 0 Å². The molecule has 0 aliphatic rings. The second-order valence-corrected chi connectivity index (χ2v) is 8.44. The van der Waals surface area contributed by atoms with Crippen LogP contribution in [0.3, 0.4) is 0 Å². The number of methoxy groups -OCH3 is 1. The summed E-state index contributed by atoms with van der Waals surface area (Å²) in [5, 5.41) is 0.305. The third-order valence-corrected chi connectivity index (χ3v) is 5.70. The van der Waals surface area contributed by atoms with E-state index in [0.717, 1.165) is 11.1 Å². The number of nitrogens with two attached hydrogens (primary N) is 1. The van der Waals surface area contributed by atoms with Gasteiger partial charge in [0.25, 0.3) is 0 Å². The number of hydrogen-bond donors (Lipinski definition) is 1. The van der Waals surface area contributed by atoms with Crippen molar-refractivity contribution in [2.24, 2.45) is 5.73 Å². The minimum absolute atomic E-state index is 0.129. The quantitative estimate of drug-likeness (QED) is 0.291. The van der Waals surface area contributed by atoms with Gasteiger partial charge in [0.05, 0.1) is 24.7 Å². The first-order chi connectivity index (χ1) is 17.4. The van der Waals surface area contributed by atoms with Crippen molar-refractivity contribution >= 4 is 16.9 Å². The van der Waals surface area contributed by atoms with Gasteiger partial charge in [-0.2, -0.15) is 0 Å². The van der Waals surface area contributed by atoms with E-state index in [9.17, 15) is 9.18 Å². The van der Waals surface area contributed by atoms with Crippen LogP contribution in [-0.2, 0) is 33.8 Å². The molecule has 0 fully saturated rings. The van der Waals surface area contributed by atoms with Crippen LogP contribution in [-0.4, -0.2) is 25.8 Å². The van der Waals surface area contributed by atoms with Crippen molar-refractivity contribution in [3.63, 3.8) is 0 Å². The molecule has 8 heteroatoms. The van der Waals surface area contributed by atoms with Crippen LogP contribution in [0, 0.1) is 11.6 Å². The number of ether oxygens (including phenoxy) is 3. The molecule has 188 valence electrons. The normalized spacial score (nSPS) is 12.0. The second kappa shape index (κ2) is 11.3. The van der Waals surface area contributed by atoms with Crippen LogP contribution in [0.2, 0.25) is 0 Å². The Bertz CT molecular complexity index is 1370. The lowest BCUT2D eigenvalue weighted by atomic mass is 9.98. The van der Waals surface area contributed by atoms with Gasteiger partial charge in [-0.1, -0.05) is 24.3 Å². The number of rotatable bonds is 10. The molecule has 0 saturated heterocycles. The maximum absolute atomic E-state index is 15.3. The molecule has 6 nitrogen and oxygen atoms in total. The maximum Gasteiger partial charge on any atom is 0.310 e. The summed E-state index contributed by atoms with van der Waals surface area (Å²) in [6, 6.07) is 14.6. The Morgan fingerprint density at radius 3 is 2.69 bits per heavy atom. The van der Waals surface area contributed by atoms with Crippen LogP contribution in [0.15, 0.2) is 65.3 Å². The number of fused-ring (bicyclic) bond motifs is 1. The van der Waals surface area contributed by atoms with Crippen molar-refractivity contribution in [2.75, 3.05) is 13.7 Å². The summed E-state index contributed by atoms with van der Waals surface area (Å²) >= 11 is 0. The lowest BCUT2D eigenvalue weighted by molar-refractivity contribution is -0.149. The molecule has 1 aromatic heterocycles. The molecule has 0 spiro atoms. The van der Waals surface area contributed by atoms with Crippen molar-refractivity contribution < 1.29 is 32.2 Å². The molecule has 0 bridgehead atoms. The number of esters is 1. The Kier molecular flexibility index (Phi) is 7.97. The number of carbonyl (C=O) groups is 1. The first kappa shape index (κ1) is 25.3. The molecule has 4 rings (SSSR count). The summed E-state index contributed by atoms with van der Waals surface area (Å²) in [5.74, 6) is -1.42. The van der Waals surface area contributed by atoms with Crippen LogP contribution in [0.4, 0.5) is 8.78 Å². The van der Waals surface area contributed by atoms with E-state index in [1.54, 1.807) is 19.1 Å². The van der Waals surface area contributed by atoms with Gasteiger partial charge in [-0.25, -0.2) is 8.78 Å². The number of carbonyl (C=O) groups excluding carboxylic acids is 1. The SMILES string of the molecule is COCC(C)OC(=O)Cc1ccc(F)cc1OCc1cc(-c2cccc(CN)c2)c2occc2c1F. The van der Waals surface area contributed by atoms with Gasteiger partial charge in [0.2, 0.25) is 0 Å². The van der Waals surface area contributed by atoms with Crippen LogP contribution in [0.1, 0.15) is 23.6 Å². The van der Waals surface area contributed by atoms with Gasteiger partial charge in [0, 0.05) is 36.4 Å². The highest BCUT2D eigenvalue weighted by atomic mass is 19.1. The molecule has 36 heavy (non-hydrogen) atoms. The van der Waals surface area contributed by atoms with Gasteiger partial charge in [-0.3, -0.25) is 4.79 Å². The van der Waals surface area contributed by atoms with Crippen LogP contribution in [0.25, 0.3) is 22.1 Å². The summed E-state index contributed by atoms with van der Waals surface area (Å²) in [4.78, 5) is 12.3. The fourth-order valence-electron chi connectivity index (χ4n) is 4.01. The predicted molar refractivity (Wildman–Crippen MR) is 131 cm³/mol. The topological polar surface area (TPSA) is 83.9 Å². The Hall–Kier alpha value is -3.75. The molecular weight excluding hydrogens is 468 g/mol. The van der Waals surface area contributed by atoms with Crippen LogP contribution >= 0.6 is 0 Å². The van der Waals surface area contributed by atoms with E-state index in [1.807, 2.05) is 24.3 Å². The summed E-state index contributed by atoms with van der Waals surface area (Å²) < 4.78 is 51.0.